The highest BCUT2D eigenvalue weighted by atomic mass is 35.5. The van der Waals surface area contributed by atoms with Gasteiger partial charge in [0.25, 0.3) is 0 Å². The van der Waals surface area contributed by atoms with Gasteiger partial charge in [-0.1, -0.05) is 64.0 Å². The number of benzene rings is 1. The zero-order chi connectivity index (χ0) is 17.0. The van der Waals surface area contributed by atoms with Crippen LogP contribution in [0.4, 0.5) is 0 Å². The van der Waals surface area contributed by atoms with Gasteiger partial charge in [0, 0.05) is 18.0 Å². The van der Waals surface area contributed by atoms with Gasteiger partial charge in [0.15, 0.2) is 0 Å². The van der Waals surface area contributed by atoms with Gasteiger partial charge in [0.2, 0.25) is 5.28 Å². The highest BCUT2D eigenvalue weighted by molar-refractivity contribution is 6.28. The van der Waals surface area contributed by atoms with Gasteiger partial charge in [-0.3, -0.25) is 0 Å². The van der Waals surface area contributed by atoms with E-state index in [1.54, 1.807) is 12.4 Å². The summed E-state index contributed by atoms with van der Waals surface area (Å²) in [6.07, 6.45) is 14.0. The van der Waals surface area contributed by atoms with Crippen LogP contribution >= 0.6 is 11.6 Å². The summed E-state index contributed by atoms with van der Waals surface area (Å²) in [7, 11) is 0. The Morgan fingerprint density at radius 2 is 1.38 bits per heavy atom. The largest absolute Gasteiger partial charge is 0.494 e. The summed E-state index contributed by atoms with van der Waals surface area (Å²) in [5.74, 6) is 0.913. The van der Waals surface area contributed by atoms with E-state index in [4.69, 9.17) is 16.3 Å². The van der Waals surface area contributed by atoms with E-state index in [1.807, 2.05) is 24.3 Å². The van der Waals surface area contributed by atoms with Crippen molar-refractivity contribution in [3.63, 3.8) is 0 Å². The molecule has 0 saturated heterocycles. The van der Waals surface area contributed by atoms with Crippen LogP contribution in [0.25, 0.3) is 11.1 Å². The van der Waals surface area contributed by atoms with Crippen molar-refractivity contribution in [3.05, 3.63) is 41.9 Å². The number of ether oxygens (including phenoxy) is 1. The minimum atomic E-state index is 0.268. The lowest BCUT2D eigenvalue weighted by atomic mass is 10.1. The lowest BCUT2D eigenvalue weighted by Gasteiger charge is -2.07. The minimum absolute atomic E-state index is 0.268. The Morgan fingerprint density at radius 1 is 0.792 bits per heavy atom. The molecule has 0 unspecified atom stereocenters. The second-order valence-electron chi connectivity index (χ2n) is 6.09. The highest BCUT2D eigenvalue weighted by Gasteiger charge is 2.00. The van der Waals surface area contributed by atoms with Crippen LogP contribution in [0.2, 0.25) is 5.28 Å². The zero-order valence-corrected chi connectivity index (χ0v) is 15.3. The molecular weight excluding hydrogens is 320 g/mol. The molecule has 0 radical (unpaired) electrons. The molecule has 0 aliphatic rings. The molecule has 130 valence electrons. The first-order valence-corrected chi connectivity index (χ1v) is 9.38. The molecule has 0 spiro atoms. The van der Waals surface area contributed by atoms with E-state index in [9.17, 15) is 0 Å². The number of rotatable bonds is 11. The summed E-state index contributed by atoms with van der Waals surface area (Å²) >= 11 is 5.71. The maximum Gasteiger partial charge on any atom is 0.222 e. The van der Waals surface area contributed by atoms with Gasteiger partial charge in [0.05, 0.1) is 6.61 Å². The number of hydrogen-bond acceptors (Lipinski definition) is 3. The molecule has 1 aromatic heterocycles. The molecule has 0 amide bonds. The number of aromatic nitrogens is 2. The first kappa shape index (κ1) is 18.7. The summed E-state index contributed by atoms with van der Waals surface area (Å²) in [6.45, 7) is 3.05. The maximum atomic E-state index is 5.81. The van der Waals surface area contributed by atoms with Crippen LogP contribution in [-0.4, -0.2) is 16.6 Å². The molecular formula is C20H27ClN2O. The summed E-state index contributed by atoms with van der Waals surface area (Å²) in [5, 5.41) is 0.268. The summed E-state index contributed by atoms with van der Waals surface area (Å²) in [4.78, 5) is 8.00. The fourth-order valence-corrected chi connectivity index (χ4v) is 2.73. The second kappa shape index (κ2) is 11.0. The lowest BCUT2D eigenvalue weighted by molar-refractivity contribution is 0.304. The first-order chi connectivity index (χ1) is 11.8. The Balaban J connectivity index is 1.63. The van der Waals surface area contributed by atoms with Crippen molar-refractivity contribution in [2.75, 3.05) is 6.61 Å². The molecule has 0 saturated carbocycles. The quantitative estimate of drug-likeness (QED) is 0.353. The predicted molar refractivity (Wildman–Crippen MR) is 101 cm³/mol. The molecule has 0 atom stereocenters. The maximum absolute atomic E-state index is 5.81. The third-order valence-corrected chi connectivity index (χ3v) is 4.27. The molecule has 1 aromatic carbocycles. The Labute approximate surface area is 150 Å². The first-order valence-electron chi connectivity index (χ1n) is 9.00. The minimum Gasteiger partial charge on any atom is -0.494 e. The zero-order valence-electron chi connectivity index (χ0n) is 14.5. The number of nitrogens with zero attached hydrogens (tertiary/aromatic N) is 2. The standard InChI is InChI=1S/C20H27ClN2O/c1-2-3-4-5-6-7-8-9-14-24-19-12-10-17(11-13-19)18-15-22-20(21)23-16-18/h10-13,15-16H,2-9,14H2,1H3. The molecule has 0 N–H and O–H groups in total. The van der Waals surface area contributed by atoms with E-state index in [0.29, 0.717) is 0 Å². The number of hydrogen-bond donors (Lipinski definition) is 0. The smallest absolute Gasteiger partial charge is 0.222 e. The molecule has 2 rings (SSSR count). The molecule has 0 aliphatic heterocycles. The normalized spacial score (nSPS) is 10.8. The van der Waals surface area contributed by atoms with Crippen molar-refractivity contribution >= 4 is 11.6 Å². The average molecular weight is 347 g/mol. The van der Waals surface area contributed by atoms with E-state index >= 15 is 0 Å². The van der Waals surface area contributed by atoms with Gasteiger partial charge in [-0.2, -0.15) is 0 Å². The monoisotopic (exact) mass is 346 g/mol. The second-order valence-corrected chi connectivity index (χ2v) is 6.43. The third-order valence-electron chi connectivity index (χ3n) is 4.07. The molecule has 0 fully saturated rings. The van der Waals surface area contributed by atoms with E-state index in [-0.39, 0.29) is 5.28 Å². The van der Waals surface area contributed by atoms with Crippen LogP contribution in [-0.2, 0) is 0 Å². The van der Waals surface area contributed by atoms with Gasteiger partial charge >= 0.3 is 0 Å². The Hall–Kier alpha value is -1.61. The van der Waals surface area contributed by atoms with Crippen LogP contribution < -0.4 is 4.74 Å². The highest BCUT2D eigenvalue weighted by Crippen LogP contribution is 2.22. The fraction of sp³-hybridized carbons (Fsp3) is 0.500. The summed E-state index contributed by atoms with van der Waals surface area (Å²) in [6, 6.07) is 8.04. The van der Waals surface area contributed by atoms with Gasteiger partial charge in [0.1, 0.15) is 5.75 Å². The molecule has 3 nitrogen and oxygen atoms in total. The average Bonchev–Trinajstić information content (AvgIpc) is 2.62. The van der Waals surface area contributed by atoms with Crippen LogP contribution in [0.15, 0.2) is 36.7 Å². The van der Waals surface area contributed by atoms with Crippen LogP contribution in [0, 0.1) is 0 Å². The van der Waals surface area contributed by atoms with Crippen LogP contribution in [0.3, 0.4) is 0 Å². The molecule has 1 heterocycles. The summed E-state index contributed by atoms with van der Waals surface area (Å²) < 4.78 is 5.81. The topological polar surface area (TPSA) is 35.0 Å². The molecule has 2 aromatic rings. The molecule has 4 heteroatoms. The Morgan fingerprint density at radius 3 is 2.00 bits per heavy atom. The third kappa shape index (κ3) is 6.88. The van der Waals surface area contributed by atoms with Gasteiger partial charge in [-0.25, -0.2) is 9.97 Å². The van der Waals surface area contributed by atoms with Crippen molar-refractivity contribution < 1.29 is 4.74 Å². The van der Waals surface area contributed by atoms with Gasteiger partial charge in [-0.05, 0) is 35.7 Å². The molecule has 0 bridgehead atoms. The SMILES string of the molecule is CCCCCCCCCCOc1ccc(-c2cnc(Cl)nc2)cc1. The molecule has 24 heavy (non-hydrogen) atoms. The van der Waals surface area contributed by atoms with E-state index in [2.05, 4.69) is 16.9 Å². The van der Waals surface area contributed by atoms with Crippen LogP contribution in [0.1, 0.15) is 58.3 Å². The van der Waals surface area contributed by atoms with E-state index < -0.39 is 0 Å². The van der Waals surface area contributed by atoms with Crippen molar-refractivity contribution in [2.45, 2.75) is 58.3 Å². The van der Waals surface area contributed by atoms with E-state index in [1.165, 1.54) is 44.9 Å². The van der Waals surface area contributed by atoms with E-state index in [0.717, 1.165) is 29.9 Å². The van der Waals surface area contributed by atoms with Crippen molar-refractivity contribution in [2.24, 2.45) is 0 Å². The lowest BCUT2D eigenvalue weighted by Crippen LogP contribution is -1.97. The molecule has 0 aliphatic carbocycles. The Kier molecular flexibility index (Phi) is 8.61. The van der Waals surface area contributed by atoms with Gasteiger partial charge < -0.3 is 4.74 Å². The van der Waals surface area contributed by atoms with Crippen molar-refractivity contribution in [1.82, 2.24) is 9.97 Å². The fourth-order valence-electron chi connectivity index (χ4n) is 2.63. The predicted octanol–water partition coefficient (Wildman–Crippen LogP) is 6.32. The number of unbranched alkanes of at least 4 members (excludes halogenated alkanes) is 7. The van der Waals surface area contributed by atoms with Crippen molar-refractivity contribution in [1.29, 1.82) is 0 Å². The Bertz CT molecular complexity index is 569. The summed E-state index contributed by atoms with van der Waals surface area (Å²) in [5.41, 5.74) is 2.01. The van der Waals surface area contributed by atoms with Crippen LogP contribution in [0.5, 0.6) is 5.75 Å². The van der Waals surface area contributed by atoms with Crippen molar-refractivity contribution in [3.8, 4) is 16.9 Å². The number of halogens is 1. The van der Waals surface area contributed by atoms with Gasteiger partial charge in [-0.15, -0.1) is 0 Å².